The fraction of sp³-hybridized carbons (Fsp3) is 0.0543. The maximum absolute atomic E-state index is 7.15. The molecule has 0 unspecified atom stereocenters. The minimum Gasteiger partial charge on any atom is -0.456 e. The van der Waals surface area contributed by atoms with E-state index in [1.165, 1.54) is 111 Å². The fourth-order valence-corrected chi connectivity index (χ4v) is 22.3. The summed E-state index contributed by atoms with van der Waals surface area (Å²) in [7, 11) is 0. The molecule has 0 radical (unpaired) electrons. The van der Waals surface area contributed by atoms with Crippen molar-refractivity contribution < 1.29 is 13.6 Å². The molecule has 23 aromatic rings. The standard InChI is InChI=1S/C48H33NO.C43H28N2O.C38H27NO/c1-48(2)41-21-10-9-18-39(41)47-45(38-25-23-32(29-42(38)48)30-13-4-3-5-14-30)40-20-12-19-37(46(40)50-47)35-26-27-36(34-17-8-7-16-33(34)35)44-28-24-31-15-6-11-22-43(31)49-44;1-4-20-38-35(17-1)41-37-19-3-6-22-40(37)46-42(41)36-18-2-5-21-39(36)43(38,33-15-7-11-29(25-33)31-13-9-23-44-27-31)34-16-8-12-30(26-34)32-14-10-24-45-28-32;1-38(2)32-15-6-3-13-29(32)36-31-23-25(18-19-35(31)40-34-17-8-5-14-30(34)37(36)38)24-10-9-11-26(22-24)27-20-21-39-33-16-7-4-12-28(27)33/h3-29H,1-2H3;1-28H;3-23H,1-2H3. The van der Waals surface area contributed by atoms with E-state index in [1.54, 1.807) is 0 Å². The average Bonchev–Trinajstić information content (AvgIpc) is 1.47. The molecule has 4 aliphatic rings. The SMILES string of the molecule is CC1(C)C2=C(c3cc(-c4cccc(-c5ccnc6ccccc56)c4)ccc3Oc3ccccc32)c2ccccc21.CC1(C)c2ccccc2-c2oc3c(-c4ccc(-c5ccc6ccccc6n5)c5ccccc45)cccc3c2-c2ccc(-c3ccccc3)cc21.c1cncc(-c2cccc(C3(c4cccc(-c5cccnc5)c4)c4ccccc4-c4oc5ccccc5c4-c4ccccc43)c2)c1. The first-order valence-corrected chi connectivity index (χ1v) is 46.7. The minimum atomic E-state index is -0.688. The lowest BCUT2D eigenvalue weighted by Crippen LogP contribution is -2.31. The molecule has 0 atom stereocenters. The highest BCUT2D eigenvalue weighted by Gasteiger charge is 2.47. The lowest BCUT2D eigenvalue weighted by Gasteiger charge is -2.38. The smallest absolute Gasteiger partial charge is 0.143 e. The topological polar surface area (TPSA) is 87.1 Å². The molecule has 7 heteroatoms. The number of ether oxygens (including phenoxy) is 1. The number of fused-ring (bicyclic) bond motifs is 23. The van der Waals surface area contributed by atoms with Crippen LogP contribution in [0.2, 0.25) is 0 Å². The van der Waals surface area contributed by atoms with E-state index < -0.39 is 5.41 Å². The van der Waals surface area contributed by atoms with Crippen LogP contribution in [-0.4, -0.2) is 19.9 Å². The zero-order valence-electron chi connectivity index (χ0n) is 75.4. The molecule has 0 fully saturated rings. The Morgan fingerprint density at radius 3 is 1.48 bits per heavy atom. The molecule has 3 aliphatic carbocycles. The van der Waals surface area contributed by atoms with Gasteiger partial charge in [0.1, 0.15) is 34.2 Å². The second-order valence-electron chi connectivity index (χ2n) is 36.9. The number of hydrogen-bond donors (Lipinski definition) is 0. The Bertz CT molecular complexity index is 8690. The van der Waals surface area contributed by atoms with Crippen molar-refractivity contribution in [3.63, 3.8) is 0 Å². The van der Waals surface area contributed by atoms with Gasteiger partial charge in [-0.2, -0.15) is 0 Å². The first-order valence-electron chi connectivity index (χ1n) is 46.7. The van der Waals surface area contributed by atoms with Crippen molar-refractivity contribution in [2.75, 3.05) is 0 Å². The van der Waals surface area contributed by atoms with Crippen LogP contribution in [0.1, 0.15) is 83.3 Å². The summed E-state index contributed by atoms with van der Waals surface area (Å²) < 4.78 is 20.6. The van der Waals surface area contributed by atoms with Crippen molar-refractivity contribution in [1.29, 1.82) is 0 Å². The summed E-state index contributed by atoms with van der Waals surface area (Å²) >= 11 is 0. The van der Waals surface area contributed by atoms with E-state index in [2.05, 4.69) is 443 Å². The van der Waals surface area contributed by atoms with Gasteiger partial charge in [0.05, 0.1) is 22.1 Å². The Balaban J connectivity index is 0.000000109. The van der Waals surface area contributed by atoms with Crippen molar-refractivity contribution in [3.05, 3.63) is 517 Å². The number of allylic oxidation sites excluding steroid dienone is 1. The third-order valence-corrected chi connectivity index (χ3v) is 28.6. The summed E-state index contributed by atoms with van der Waals surface area (Å²) in [6.45, 7) is 9.36. The van der Waals surface area contributed by atoms with E-state index in [9.17, 15) is 0 Å². The molecule has 0 N–H and O–H groups in total. The van der Waals surface area contributed by atoms with Crippen molar-refractivity contribution in [2.24, 2.45) is 0 Å². The number of hydrogen-bond acceptors (Lipinski definition) is 7. The fourth-order valence-electron chi connectivity index (χ4n) is 22.3. The van der Waals surface area contributed by atoms with Crippen molar-refractivity contribution in [2.45, 2.75) is 43.9 Å². The maximum atomic E-state index is 7.15. The molecule has 642 valence electrons. The normalized spacial score (nSPS) is 13.5. The monoisotopic (exact) mass is 1740 g/mol. The molecule has 0 saturated heterocycles. The molecular formula is C129H88N4O3. The number of aromatic nitrogens is 4. The number of benzene rings is 17. The Morgan fingerprint density at radius 1 is 0.250 bits per heavy atom. The third-order valence-electron chi connectivity index (χ3n) is 28.6. The van der Waals surface area contributed by atoms with Crippen LogP contribution in [0.15, 0.2) is 471 Å². The van der Waals surface area contributed by atoms with Gasteiger partial charge in [-0.05, 0) is 224 Å². The molecule has 0 bridgehead atoms. The first-order chi connectivity index (χ1) is 67.0. The van der Waals surface area contributed by atoms with Crippen molar-refractivity contribution in [3.8, 4) is 134 Å². The predicted octanol–water partition coefficient (Wildman–Crippen LogP) is 33.6. The van der Waals surface area contributed by atoms with Crippen molar-refractivity contribution >= 4 is 65.7 Å². The van der Waals surface area contributed by atoms with E-state index >= 15 is 0 Å². The summed E-state index contributed by atoms with van der Waals surface area (Å²) in [6.07, 6.45) is 9.41. The second-order valence-corrected chi connectivity index (χ2v) is 36.9. The predicted molar refractivity (Wildman–Crippen MR) is 558 cm³/mol. The van der Waals surface area contributed by atoms with Crippen LogP contribution < -0.4 is 4.74 Å². The van der Waals surface area contributed by atoms with Gasteiger partial charge >= 0.3 is 0 Å². The summed E-state index contributed by atoms with van der Waals surface area (Å²) in [5.41, 5.74) is 40.4. The molecular weight excluding hydrogens is 1650 g/mol. The molecule has 27 rings (SSSR count). The molecule has 17 aromatic carbocycles. The van der Waals surface area contributed by atoms with Gasteiger partial charge in [-0.15, -0.1) is 0 Å². The lowest BCUT2D eigenvalue weighted by molar-refractivity contribution is 0.480. The van der Waals surface area contributed by atoms with Crippen LogP contribution >= 0.6 is 0 Å². The molecule has 7 nitrogen and oxygen atoms in total. The number of rotatable bonds is 9. The van der Waals surface area contributed by atoms with Gasteiger partial charge in [0.25, 0.3) is 0 Å². The van der Waals surface area contributed by atoms with E-state index in [-0.39, 0.29) is 10.8 Å². The molecule has 0 spiro atoms. The largest absolute Gasteiger partial charge is 0.456 e. The van der Waals surface area contributed by atoms with Crippen LogP contribution in [-0.2, 0) is 16.2 Å². The van der Waals surface area contributed by atoms with Gasteiger partial charge in [0, 0.05) is 108 Å². The van der Waals surface area contributed by atoms with Crippen LogP contribution in [0, 0.1) is 0 Å². The van der Waals surface area contributed by atoms with Crippen LogP contribution in [0.5, 0.6) is 11.5 Å². The van der Waals surface area contributed by atoms with Crippen LogP contribution in [0.3, 0.4) is 0 Å². The van der Waals surface area contributed by atoms with Gasteiger partial charge in [0.2, 0.25) is 0 Å². The molecule has 0 saturated carbocycles. The minimum absolute atomic E-state index is 0.147. The van der Waals surface area contributed by atoms with Gasteiger partial charge in [-0.1, -0.05) is 373 Å². The van der Waals surface area contributed by atoms with Crippen LogP contribution in [0.25, 0.3) is 189 Å². The van der Waals surface area contributed by atoms with E-state index in [4.69, 9.17) is 18.6 Å². The number of nitrogens with zero attached hydrogens (tertiary/aromatic N) is 4. The first kappa shape index (κ1) is 80.8. The molecule has 136 heavy (non-hydrogen) atoms. The zero-order valence-corrected chi connectivity index (χ0v) is 75.4. The zero-order chi connectivity index (χ0) is 90.7. The number of pyridine rings is 4. The quantitative estimate of drug-likeness (QED) is 0.142. The molecule has 1 aliphatic heterocycles. The Kier molecular flexibility index (Phi) is 19.4. The van der Waals surface area contributed by atoms with E-state index in [0.29, 0.717) is 0 Å². The summed E-state index contributed by atoms with van der Waals surface area (Å²) in [5.74, 6) is 3.64. The Morgan fingerprint density at radius 2 is 0.743 bits per heavy atom. The van der Waals surface area contributed by atoms with Gasteiger partial charge in [-0.25, -0.2) is 4.98 Å². The highest BCUT2D eigenvalue weighted by atomic mass is 16.5. The van der Waals surface area contributed by atoms with Crippen molar-refractivity contribution in [1.82, 2.24) is 19.9 Å². The Labute approximate surface area is 789 Å². The maximum Gasteiger partial charge on any atom is 0.143 e. The Hall–Kier alpha value is -17.3. The highest BCUT2D eigenvalue weighted by molar-refractivity contribution is 6.15. The van der Waals surface area contributed by atoms with E-state index in [1.807, 2.05) is 61.3 Å². The summed E-state index contributed by atoms with van der Waals surface area (Å²) in [6, 6.07) is 154. The highest BCUT2D eigenvalue weighted by Crippen LogP contribution is 2.62. The molecule has 6 aromatic heterocycles. The molecule has 7 heterocycles. The lowest BCUT2D eigenvalue weighted by atomic mass is 9.63. The number of para-hydroxylation sites is 5. The van der Waals surface area contributed by atoms with Crippen LogP contribution in [0.4, 0.5) is 0 Å². The van der Waals surface area contributed by atoms with E-state index in [0.717, 1.165) is 145 Å². The van der Waals surface area contributed by atoms with Gasteiger partial charge in [0.15, 0.2) is 0 Å². The average molecular weight is 1740 g/mol. The second kappa shape index (κ2) is 32.6. The molecule has 0 amide bonds. The van der Waals surface area contributed by atoms with Gasteiger partial charge in [-0.3, -0.25) is 15.0 Å². The third kappa shape index (κ3) is 13.2. The number of furan rings is 2. The van der Waals surface area contributed by atoms with Gasteiger partial charge < -0.3 is 13.6 Å². The summed E-state index contributed by atoms with van der Waals surface area (Å²) in [5, 5.41) is 6.89. The summed E-state index contributed by atoms with van der Waals surface area (Å²) in [4.78, 5) is 18.5.